The number of thiazole rings is 1. The minimum atomic E-state index is -0.713. The number of para-hydroxylation sites is 1. The third-order valence-corrected chi connectivity index (χ3v) is 9.56. The molecule has 3 aromatic carbocycles. The lowest BCUT2D eigenvalue weighted by atomic mass is 9.94. The van der Waals surface area contributed by atoms with Crippen LogP contribution in [-0.4, -0.2) is 42.7 Å². The molecule has 234 valence electrons. The molecule has 1 aliphatic rings. The molecule has 2 heterocycles. The van der Waals surface area contributed by atoms with Crippen molar-refractivity contribution < 1.29 is 19.0 Å². The Balaban J connectivity index is 1.62. The Morgan fingerprint density at radius 2 is 1.76 bits per heavy atom. The monoisotopic (exact) mass is 709 g/mol. The molecule has 0 bridgehead atoms. The fourth-order valence-electron chi connectivity index (χ4n) is 5.34. The van der Waals surface area contributed by atoms with E-state index in [1.165, 1.54) is 11.3 Å². The highest BCUT2D eigenvalue weighted by Gasteiger charge is 2.35. The third kappa shape index (κ3) is 6.45. The van der Waals surface area contributed by atoms with Crippen molar-refractivity contribution in [3.05, 3.63) is 118 Å². The van der Waals surface area contributed by atoms with Crippen LogP contribution in [0, 0.1) is 0 Å². The maximum absolute atomic E-state index is 14.2. The van der Waals surface area contributed by atoms with E-state index in [1.54, 1.807) is 29.8 Å². The van der Waals surface area contributed by atoms with Crippen LogP contribution in [0.3, 0.4) is 0 Å². The van der Waals surface area contributed by atoms with Gasteiger partial charge in [0.1, 0.15) is 18.4 Å². The number of likely N-dealkylation sites (N-methyl/N-ethyl adjacent to an activating group) is 1. The van der Waals surface area contributed by atoms with Crippen LogP contribution in [0.25, 0.3) is 6.08 Å². The zero-order valence-electron chi connectivity index (χ0n) is 25.6. The molecule has 0 aliphatic carbocycles. The Bertz CT molecular complexity index is 1960. The van der Waals surface area contributed by atoms with Gasteiger partial charge in [-0.05, 0) is 72.6 Å². The predicted molar refractivity (Wildman–Crippen MR) is 181 cm³/mol. The summed E-state index contributed by atoms with van der Waals surface area (Å²) in [5.74, 6) is 1.43. The molecule has 0 spiro atoms. The number of allylic oxidation sites excluding steroid dienone is 1. The van der Waals surface area contributed by atoms with Crippen LogP contribution in [0.4, 0.5) is 0 Å². The molecule has 0 radical (unpaired) electrons. The molecule has 1 aromatic heterocycles. The first-order valence-corrected chi connectivity index (χ1v) is 16.4. The molecule has 0 unspecified atom stereocenters. The highest BCUT2D eigenvalue weighted by atomic mass is 79.9. The Kier molecular flexibility index (Phi) is 10.2. The van der Waals surface area contributed by atoms with Gasteiger partial charge in [-0.3, -0.25) is 14.2 Å². The Labute approximate surface area is 279 Å². The first kappa shape index (κ1) is 32.5. The average molecular weight is 711 g/mol. The molecule has 0 saturated heterocycles. The van der Waals surface area contributed by atoms with Gasteiger partial charge in [0.2, 0.25) is 0 Å². The van der Waals surface area contributed by atoms with E-state index in [0.29, 0.717) is 66.0 Å². The fraction of sp³-hybridized carbons (Fsp3) is 0.265. The molecular weight excluding hydrogens is 678 g/mol. The van der Waals surface area contributed by atoms with Crippen molar-refractivity contribution in [3.63, 3.8) is 0 Å². The van der Waals surface area contributed by atoms with Crippen LogP contribution >= 0.6 is 38.9 Å². The van der Waals surface area contributed by atoms with Gasteiger partial charge in [-0.25, -0.2) is 4.99 Å². The normalized spacial score (nSPS) is 14.6. The number of hydrogen-bond acceptors (Lipinski definition) is 7. The molecule has 8 nitrogen and oxygen atoms in total. The number of rotatable bonds is 10. The number of nitrogens with zero attached hydrogens (tertiary/aromatic N) is 3. The van der Waals surface area contributed by atoms with Gasteiger partial charge in [-0.2, -0.15) is 0 Å². The minimum absolute atomic E-state index is 0.160. The summed E-state index contributed by atoms with van der Waals surface area (Å²) in [6, 6.07) is 17.9. The lowest BCUT2D eigenvalue weighted by molar-refractivity contribution is -0.127. The van der Waals surface area contributed by atoms with Gasteiger partial charge in [-0.15, -0.1) is 0 Å². The third-order valence-electron chi connectivity index (χ3n) is 7.62. The van der Waals surface area contributed by atoms with Crippen molar-refractivity contribution in [3.8, 4) is 17.2 Å². The van der Waals surface area contributed by atoms with Gasteiger partial charge in [0.15, 0.2) is 16.3 Å². The Hall–Kier alpha value is -3.86. The largest absolute Gasteiger partial charge is 0.496 e. The van der Waals surface area contributed by atoms with Crippen LogP contribution < -0.4 is 29.1 Å². The first-order valence-electron chi connectivity index (χ1n) is 14.4. The van der Waals surface area contributed by atoms with Gasteiger partial charge in [-0.1, -0.05) is 59.3 Å². The maximum atomic E-state index is 14.2. The van der Waals surface area contributed by atoms with E-state index in [4.69, 9.17) is 30.8 Å². The first-order chi connectivity index (χ1) is 21.7. The lowest BCUT2D eigenvalue weighted by Crippen LogP contribution is -2.43. The number of methoxy groups -OCH3 is 2. The van der Waals surface area contributed by atoms with E-state index >= 15 is 0 Å². The topological polar surface area (TPSA) is 82.4 Å². The number of amides is 1. The van der Waals surface area contributed by atoms with Crippen molar-refractivity contribution in [2.75, 3.05) is 27.3 Å². The number of halogens is 2. The van der Waals surface area contributed by atoms with Crippen molar-refractivity contribution in [2.24, 2.45) is 4.99 Å². The summed E-state index contributed by atoms with van der Waals surface area (Å²) in [4.78, 5) is 35.1. The molecule has 0 N–H and O–H groups in total. The molecule has 45 heavy (non-hydrogen) atoms. The summed E-state index contributed by atoms with van der Waals surface area (Å²) in [5, 5.41) is 0.614. The average Bonchev–Trinajstić information content (AvgIpc) is 3.34. The van der Waals surface area contributed by atoms with E-state index < -0.39 is 6.04 Å². The molecule has 1 amide bonds. The summed E-state index contributed by atoms with van der Waals surface area (Å²) in [5.41, 5.74) is 3.03. The number of ether oxygens (including phenoxy) is 3. The van der Waals surface area contributed by atoms with Gasteiger partial charge in [0.25, 0.3) is 11.5 Å². The van der Waals surface area contributed by atoms with Gasteiger partial charge < -0.3 is 19.1 Å². The highest BCUT2D eigenvalue weighted by molar-refractivity contribution is 9.10. The van der Waals surface area contributed by atoms with Gasteiger partial charge in [0.05, 0.1) is 34.5 Å². The molecular formula is C34H33BrClN3O5S. The number of carbonyl (C=O) groups is 1. The molecule has 4 aromatic rings. The SMILES string of the molecule is CCN(CC)C(=O)C1=C(C)N=c2s/c(=C/c3cc(Br)c(OCc4ccccc4Cl)c(OC)c3)c(=O)n2[C@H]1c1ccccc1OC. The van der Waals surface area contributed by atoms with Crippen LogP contribution in [0.5, 0.6) is 17.2 Å². The molecule has 1 aliphatic heterocycles. The van der Waals surface area contributed by atoms with E-state index in [0.717, 1.165) is 11.1 Å². The number of carbonyl (C=O) groups excluding carboxylic acids is 1. The van der Waals surface area contributed by atoms with E-state index in [9.17, 15) is 9.59 Å². The smallest absolute Gasteiger partial charge is 0.271 e. The molecule has 0 fully saturated rings. The minimum Gasteiger partial charge on any atom is -0.496 e. The standard InChI is InChI=1S/C34H33BrClN3O5S/c1-6-38(7-2)33(41)29-20(3)37-34-39(30(29)23-13-9-11-15-26(23)42-4)32(40)28(45-34)18-21-16-24(35)31(27(17-21)43-5)44-19-22-12-8-10-14-25(22)36/h8-18,30H,6-7,19H2,1-5H3/b28-18+/t30-/m0/s1. The maximum Gasteiger partial charge on any atom is 0.271 e. The van der Waals surface area contributed by atoms with Crippen molar-refractivity contribution in [1.82, 2.24) is 9.47 Å². The summed E-state index contributed by atoms with van der Waals surface area (Å²) in [6.45, 7) is 7.01. The van der Waals surface area contributed by atoms with Crippen molar-refractivity contribution in [1.29, 1.82) is 0 Å². The van der Waals surface area contributed by atoms with E-state index in [-0.39, 0.29) is 18.1 Å². The van der Waals surface area contributed by atoms with Crippen LogP contribution in [0.1, 0.15) is 43.5 Å². The van der Waals surface area contributed by atoms with Gasteiger partial charge >= 0.3 is 0 Å². The molecule has 5 rings (SSSR count). The summed E-state index contributed by atoms with van der Waals surface area (Å²) >= 11 is 11.2. The fourth-order valence-corrected chi connectivity index (χ4v) is 7.15. The summed E-state index contributed by atoms with van der Waals surface area (Å²) < 4.78 is 20.2. The second kappa shape index (κ2) is 14.1. The quantitative estimate of drug-likeness (QED) is 0.198. The lowest BCUT2D eigenvalue weighted by Gasteiger charge is -2.29. The molecule has 11 heteroatoms. The molecule has 1 atom stereocenters. The second-order valence-corrected chi connectivity index (χ2v) is 12.5. The number of fused-ring (bicyclic) bond motifs is 1. The number of benzene rings is 3. The van der Waals surface area contributed by atoms with Crippen LogP contribution in [0.2, 0.25) is 5.02 Å². The van der Waals surface area contributed by atoms with Gasteiger partial charge in [0, 0.05) is 29.2 Å². The molecule has 0 saturated carbocycles. The summed E-state index contributed by atoms with van der Waals surface area (Å²) in [6.07, 6.45) is 1.79. The van der Waals surface area contributed by atoms with Crippen molar-refractivity contribution >= 4 is 50.9 Å². The second-order valence-electron chi connectivity index (χ2n) is 10.2. The zero-order valence-corrected chi connectivity index (χ0v) is 28.8. The van der Waals surface area contributed by atoms with E-state index in [1.807, 2.05) is 81.4 Å². The van der Waals surface area contributed by atoms with E-state index in [2.05, 4.69) is 15.9 Å². The predicted octanol–water partition coefficient (Wildman–Crippen LogP) is 6.12. The highest BCUT2D eigenvalue weighted by Crippen LogP contribution is 2.38. The number of aromatic nitrogens is 1. The van der Waals surface area contributed by atoms with Crippen LogP contribution in [-0.2, 0) is 11.4 Å². The number of hydrogen-bond donors (Lipinski definition) is 0. The summed E-state index contributed by atoms with van der Waals surface area (Å²) in [7, 11) is 3.14. The zero-order chi connectivity index (χ0) is 32.2. The Morgan fingerprint density at radius 3 is 2.44 bits per heavy atom. The Morgan fingerprint density at radius 1 is 1.07 bits per heavy atom. The van der Waals surface area contributed by atoms with Crippen LogP contribution in [0.15, 0.2) is 86.2 Å². The van der Waals surface area contributed by atoms with Crippen molar-refractivity contribution in [2.45, 2.75) is 33.4 Å².